The fourth-order valence-electron chi connectivity index (χ4n) is 5.03. The first-order valence-electron chi connectivity index (χ1n) is 19.9. The third-order valence-corrected chi connectivity index (χ3v) is 11.3. The van der Waals surface area contributed by atoms with Gasteiger partial charge in [0.2, 0.25) is 3.79 Å². The molecule has 60 heavy (non-hydrogen) atoms. The van der Waals surface area contributed by atoms with Crippen LogP contribution >= 0.6 is 62.5 Å². The van der Waals surface area contributed by atoms with Crippen molar-refractivity contribution in [2.75, 3.05) is 43.3 Å². The molecule has 0 aliphatic heterocycles. The van der Waals surface area contributed by atoms with Crippen LogP contribution in [0.2, 0.25) is 0 Å². The van der Waals surface area contributed by atoms with E-state index in [-0.39, 0.29) is 10.9 Å². The predicted octanol–water partition coefficient (Wildman–Crippen LogP) is 12.0. The summed E-state index contributed by atoms with van der Waals surface area (Å²) in [6.45, 7) is 4.97. The highest BCUT2D eigenvalue weighted by Gasteiger charge is 2.24. The topological polar surface area (TPSA) is 139 Å². The third-order valence-electron chi connectivity index (χ3n) is 8.23. The predicted molar refractivity (Wildman–Crippen MR) is 249 cm³/mol. The molecular formula is C44H58BrCl3O10S2. The number of aryl methyl sites for hydroxylation is 1. The van der Waals surface area contributed by atoms with E-state index in [1.807, 2.05) is 31.2 Å². The lowest BCUT2D eigenvalue weighted by molar-refractivity contribution is -0.109. The molecule has 0 saturated carbocycles. The normalized spacial score (nSPS) is 11.0. The van der Waals surface area contributed by atoms with E-state index in [2.05, 4.69) is 20.1 Å². The first kappa shape index (κ1) is 55.4. The highest BCUT2D eigenvalue weighted by molar-refractivity contribution is 9.09. The molecule has 334 valence electrons. The van der Waals surface area contributed by atoms with Gasteiger partial charge in [0.1, 0.15) is 42.7 Å². The molecule has 3 rings (SSSR count). The minimum absolute atomic E-state index is 0.110. The average molecular weight is 997 g/mol. The Bertz CT molecular complexity index is 1740. The van der Waals surface area contributed by atoms with Gasteiger partial charge in [-0.1, -0.05) is 101 Å². The maximum absolute atomic E-state index is 11.6. The molecule has 0 aromatic heterocycles. The van der Waals surface area contributed by atoms with E-state index in [4.69, 9.17) is 49.0 Å². The summed E-state index contributed by atoms with van der Waals surface area (Å²) in [5.74, 6) is 3.20. The highest BCUT2D eigenvalue weighted by Crippen LogP contribution is 2.27. The number of benzene rings is 3. The van der Waals surface area contributed by atoms with E-state index in [1.54, 1.807) is 49.4 Å². The van der Waals surface area contributed by atoms with Crippen LogP contribution in [0.5, 0.6) is 17.2 Å². The van der Waals surface area contributed by atoms with Crippen molar-refractivity contribution in [3.8, 4) is 17.2 Å². The summed E-state index contributed by atoms with van der Waals surface area (Å²) in [7, 11) is -3.68. The Morgan fingerprint density at radius 2 is 1.10 bits per heavy atom. The van der Waals surface area contributed by atoms with Crippen LogP contribution in [0.25, 0.3) is 0 Å². The molecule has 0 spiro atoms. The zero-order valence-corrected chi connectivity index (χ0v) is 39.9. The molecule has 3 aromatic carbocycles. The zero-order chi connectivity index (χ0) is 44.5. The monoisotopic (exact) mass is 994 g/mol. The van der Waals surface area contributed by atoms with Gasteiger partial charge in [-0.05, 0) is 118 Å². The Hall–Kier alpha value is -2.65. The number of ether oxygens (including phenoxy) is 3. The molecule has 16 heteroatoms. The van der Waals surface area contributed by atoms with Crippen LogP contribution in [0.1, 0.15) is 121 Å². The molecule has 0 fully saturated rings. The smallest absolute Gasteiger partial charge is 0.267 e. The number of thioether (sulfide) groups is 1. The van der Waals surface area contributed by atoms with E-state index >= 15 is 0 Å². The van der Waals surface area contributed by atoms with Gasteiger partial charge in [-0.15, -0.1) is 0 Å². The molecule has 0 amide bonds. The van der Waals surface area contributed by atoms with Crippen molar-refractivity contribution in [3.05, 3.63) is 89.0 Å². The fraction of sp³-hybridized carbons (Fsp3) is 0.500. The summed E-state index contributed by atoms with van der Waals surface area (Å²) >= 11 is 21.1. The van der Waals surface area contributed by atoms with Gasteiger partial charge < -0.3 is 14.2 Å². The summed E-state index contributed by atoms with van der Waals surface area (Å²) in [6.07, 6.45) is 14.4. The molecule has 0 radical (unpaired) electrons. The minimum atomic E-state index is -3.68. The summed E-state index contributed by atoms with van der Waals surface area (Å²) < 4.78 is 42.9. The number of halogens is 4. The fourth-order valence-corrected chi connectivity index (χ4v) is 7.45. The van der Waals surface area contributed by atoms with Gasteiger partial charge >= 0.3 is 0 Å². The van der Waals surface area contributed by atoms with Crippen molar-refractivity contribution in [2.24, 2.45) is 0 Å². The van der Waals surface area contributed by atoms with E-state index in [0.717, 1.165) is 111 Å². The van der Waals surface area contributed by atoms with Gasteiger partial charge in [0, 0.05) is 34.7 Å². The maximum Gasteiger partial charge on any atom is 0.267 e. The second-order valence-corrected chi connectivity index (χ2v) is 19.8. The van der Waals surface area contributed by atoms with Gasteiger partial charge in [-0.2, -0.15) is 8.42 Å². The van der Waals surface area contributed by atoms with E-state index in [1.165, 1.54) is 31.0 Å². The van der Waals surface area contributed by atoms with Crippen molar-refractivity contribution in [3.63, 3.8) is 0 Å². The lowest BCUT2D eigenvalue weighted by Crippen LogP contribution is -2.19. The van der Waals surface area contributed by atoms with Crippen molar-refractivity contribution in [1.82, 2.24) is 0 Å². The lowest BCUT2D eigenvalue weighted by Gasteiger charge is -2.11. The molecule has 0 saturated heterocycles. The number of unbranched alkanes of at least 4 members (excludes halogenated alkanes) is 9. The molecule has 0 bridgehead atoms. The molecule has 10 nitrogen and oxygen atoms in total. The van der Waals surface area contributed by atoms with Crippen LogP contribution in [-0.2, 0) is 19.1 Å². The number of alkyl halides is 4. The van der Waals surface area contributed by atoms with Gasteiger partial charge in [0.05, 0.1) is 25.6 Å². The molecule has 0 N–H and O–H groups in total. The van der Waals surface area contributed by atoms with Crippen LogP contribution in [-0.4, -0.2) is 79.4 Å². The maximum atomic E-state index is 11.6. The molecule has 0 aliphatic carbocycles. The Labute approximate surface area is 384 Å². The molecular weight excluding hydrogens is 939 g/mol. The van der Waals surface area contributed by atoms with E-state index in [0.29, 0.717) is 36.3 Å². The van der Waals surface area contributed by atoms with Crippen molar-refractivity contribution in [2.45, 2.75) is 94.7 Å². The first-order chi connectivity index (χ1) is 28.7. The number of rotatable bonds is 28. The Kier molecular flexibility index (Phi) is 31.3. The highest BCUT2D eigenvalue weighted by atomic mass is 79.9. The number of aldehydes is 3. The summed E-state index contributed by atoms with van der Waals surface area (Å²) in [5.41, 5.74) is 2.87. The van der Waals surface area contributed by atoms with Gasteiger partial charge in [-0.3, -0.25) is 23.4 Å². The largest absolute Gasteiger partial charge is 0.494 e. The molecule has 0 atom stereocenters. The van der Waals surface area contributed by atoms with Crippen LogP contribution in [0.3, 0.4) is 0 Å². The van der Waals surface area contributed by atoms with Gasteiger partial charge in [-0.25, -0.2) is 0 Å². The number of hydrogen-bond acceptors (Lipinski definition) is 11. The van der Waals surface area contributed by atoms with E-state index < -0.39 is 20.5 Å². The summed E-state index contributed by atoms with van der Waals surface area (Å²) in [5, 5.41) is 1.28. The number of carbonyl (C=O) groups is 4. The van der Waals surface area contributed by atoms with Crippen LogP contribution in [0.4, 0.5) is 0 Å². The molecule has 0 aliphatic rings. The van der Waals surface area contributed by atoms with Crippen molar-refractivity contribution in [1.29, 1.82) is 0 Å². The summed E-state index contributed by atoms with van der Waals surface area (Å²) in [4.78, 5) is 42.3. The van der Waals surface area contributed by atoms with Gasteiger partial charge in [0.25, 0.3) is 10.1 Å². The lowest BCUT2D eigenvalue weighted by atomic mass is 10.1. The quantitative estimate of drug-likeness (QED) is 0.0297. The third kappa shape index (κ3) is 30.4. The molecule has 0 heterocycles. The minimum Gasteiger partial charge on any atom is -0.494 e. The second kappa shape index (κ2) is 33.9. The number of carbonyl (C=O) groups excluding carboxylic acids is 4. The van der Waals surface area contributed by atoms with Crippen LogP contribution in [0, 0.1) is 6.92 Å². The van der Waals surface area contributed by atoms with Crippen molar-refractivity contribution >= 4 is 96.6 Å². The number of hydrogen-bond donors (Lipinski definition) is 0. The first-order valence-corrected chi connectivity index (χ1v) is 24.7. The summed E-state index contributed by atoms with van der Waals surface area (Å²) in [6, 6.07) is 19.6. The molecule has 0 unspecified atom stereocenters. The van der Waals surface area contributed by atoms with Crippen LogP contribution in [0.15, 0.2) is 66.7 Å². The Morgan fingerprint density at radius 1 is 0.650 bits per heavy atom. The molecule has 3 aromatic rings. The van der Waals surface area contributed by atoms with Crippen LogP contribution < -0.4 is 14.2 Å². The Morgan fingerprint density at radius 3 is 1.55 bits per heavy atom. The van der Waals surface area contributed by atoms with Crippen molar-refractivity contribution < 1.29 is 46.0 Å². The standard InChI is InChI=1S/C16H21Cl3O5S.C15H20O3S.C13H17BrO2/c1-13-10-14(11-20)6-7-15(13)23-8-4-2-3-5-9-25(21,22)24-12-16(17,18)19;1-13(17)19-11-5-3-2-4-10-18-15-8-6-14(12-16)7-9-15;14-9-3-1-2-4-10-16-13-7-5-12(11-15)6-8-13/h6-7,10-11H,2-5,8-9,12H2,1H3;6-9,12H,2-5,10-11H2,1H3;5-8,11H,1-4,9-10H2. The SMILES string of the molecule is CC(=O)SCCCCCCOc1ccc(C=O)cc1.Cc1cc(C=O)ccc1OCCCCCCS(=O)(=O)OCC(Cl)(Cl)Cl.O=Cc1ccc(OCCCCCCBr)cc1. The zero-order valence-electron chi connectivity index (χ0n) is 34.4. The van der Waals surface area contributed by atoms with Gasteiger partial charge in [0.15, 0.2) is 5.12 Å². The second-order valence-electron chi connectivity index (χ2n) is 13.5. The average Bonchev–Trinajstić information content (AvgIpc) is 3.23. The van der Waals surface area contributed by atoms with E-state index in [9.17, 15) is 27.6 Å². The Balaban J connectivity index is 0.000000462.